The second-order valence-corrected chi connectivity index (χ2v) is 7.36. The molecule has 1 aliphatic heterocycles. The Morgan fingerprint density at radius 3 is 2.41 bits per heavy atom. The van der Waals surface area contributed by atoms with Gasteiger partial charge in [-0.25, -0.2) is 9.59 Å². The zero-order valence-corrected chi connectivity index (χ0v) is 16.3. The summed E-state index contributed by atoms with van der Waals surface area (Å²) in [6.07, 6.45) is -1.57. The van der Waals surface area contributed by atoms with Gasteiger partial charge < -0.3 is 14.2 Å². The van der Waals surface area contributed by atoms with Crippen LogP contribution in [0.15, 0.2) is 42.5 Å². The lowest BCUT2D eigenvalue weighted by Gasteiger charge is -2.41. The summed E-state index contributed by atoms with van der Waals surface area (Å²) in [5.41, 5.74) is 0.137. The van der Waals surface area contributed by atoms with Crippen molar-refractivity contribution >= 4 is 12.1 Å². The van der Waals surface area contributed by atoms with Crippen molar-refractivity contribution in [2.75, 3.05) is 0 Å². The first-order chi connectivity index (χ1) is 12.6. The maximum Gasteiger partial charge on any atom is 0.512 e. The Morgan fingerprint density at radius 2 is 1.93 bits per heavy atom. The molecule has 0 aromatic heterocycles. The summed E-state index contributed by atoms with van der Waals surface area (Å²) in [7, 11) is 0. The molecule has 3 unspecified atom stereocenters. The minimum atomic E-state index is -1.60. The van der Waals surface area contributed by atoms with Gasteiger partial charge in [-0.2, -0.15) is 9.78 Å². The molecule has 0 saturated carbocycles. The molecule has 1 heterocycles. The van der Waals surface area contributed by atoms with Crippen LogP contribution >= 0.6 is 0 Å². The van der Waals surface area contributed by atoms with Crippen molar-refractivity contribution in [2.24, 2.45) is 5.92 Å². The van der Waals surface area contributed by atoms with Crippen LogP contribution in [0, 0.1) is 5.92 Å². The lowest BCUT2D eigenvalue weighted by molar-refractivity contribution is -0.595. The van der Waals surface area contributed by atoms with Crippen LogP contribution in [-0.2, 0) is 34.4 Å². The summed E-state index contributed by atoms with van der Waals surface area (Å²) < 4.78 is 15.9. The number of carbonyl (C=O) groups excluding carboxylic acids is 2. The second kappa shape index (κ2) is 8.10. The molecule has 27 heavy (non-hydrogen) atoms. The number of rotatable bonds is 7. The Balaban J connectivity index is 2.07. The zero-order chi connectivity index (χ0) is 20.2. The van der Waals surface area contributed by atoms with Gasteiger partial charge in [-0.15, -0.1) is 0 Å². The van der Waals surface area contributed by atoms with Gasteiger partial charge in [0.2, 0.25) is 0 Å². The highest BCUT2D eigenvalue weighted by molar-refractivity contribution is 5.87. The van der Waals surface area contributed by atoms with Crippen LogP contribution in [0.4, 0.5) is 4.79 Å². The zero-order valence-electron chi connectivity index (χ0n) is 16.3. The third-order valence-electron chi connectivity index (χ3n) is 4.07. The van der Waals surface area contributed by atoms with Gasteiger partial charge in [-0.1, -0.05) is 50.8 Å². The molecule has 3 atom stereocenters. The number of carbonyl (C=O) groups is 2. The van der Waals surface area contributed by atoms with E-state index in [4.69, 9.17) is 24.0 Å². The fraction of sp³-hybridized carbons (Fsp3) is 0.500. The van der Waals surface area contributed by atoms with Crippen molar-refractivity contribution in [2.45, 2.75) is 58.7 Å². The molecule has 0 aliphatic carbocycles. The van der Waals surface area contributed by atoms with E-state index in [1.807, 2.05) is 51.1 Å². The van der Waals surface area contributed by atoms with Gasteiger partial charge >= 0.3 is 24.2 Å². The Kier molecular flexibility index (Phi) is 6.28. The summed E-state index contributed by atoms with van der Waals surface area (Å²) in [6, 6.07) is 9.41. The highest BCUT2D eigenvalue weighted by Crippen LogP contribution is 2.36. The largest absolute Gasteiger partial charge is 0.512 e. The van der Waals surface area contributed by atoms with Crippen molar-refractivity contribution in [3.05, 3.63) is 48.0 Å². The normalized spacial score (nSPS) is 23.7. The number of hydrogen-bond donors (Lipinski definition) is 0. The van der Waals surface area contributed by atoms with Crippen LogP contribution in [0.5, 0.6) is 0 Å². The van der Waals surface area contributed by atoms with E-state index >= 15 is 0 Å². The Hall–Kier alpha value is -2.38. The number of hydrogen-bond acceptors (Lipinski definition) is 7. The fourth-order valence-corrected chi connectivity index (χ4v) is 2.77. The molecule has 1 aromatic rings. The van der Waals surface area contributed by atoms with Crippen LogP contribution in [-0.4, -0.2) is 24.2 Å². The van der Waals surface area contributed by atoms with Gasteiger partial charge in [0.25, 0.3) is 0 Å². The Morgan fingerprint density at radius 1 is 1.30 bits per heavy atom. The second-order valence-electron chi connectivity index (χ2n) is 7.36. The van der Waals surface area contributed by atoms with Gasteiger partial charge in [0.15, 0.2) is 0 Å². The molecule has 0 radical (unpaired) electrons. The summed E-state index contributed by atoms with van der Waals surface area (Å²) >= 11 is 0. The monoisotopic (exact) mass is 378 g/mol. The van der Waals surface area contributed by atoms with E-state index in [9.17, 15) is 9.59 Å². The summed E-state index contributed by atoms with van der Waals surface area (Å²) in [4.78, 5) is 33.7. The van der Waals surface area contributed by atoms with Crippen LogP contribution in [0.2, 0.25) is 0 Å². The smallest absolute Gasteiger partial charge is 0.423 e. The van der Waals surface area contributed by atoms with Crippen molar-refractivity contribution in [1.29, 1.82) is 0 Å². The molecule has 0 bridgehead atoms. The van der Waals surface area contributed by atoms with E-state index in [0.29, 0.717) is 6.42 Å². The Bertz CT molecular complexity index is 700. The summed E-state index contributed by atoms with van der Waals surface area (Å²) in [6.45, 7) is 12.3. The predicted octanol–water partition coefficient (Wildman–Crippen LogP) is 4.22. The molecule has 1 fully saturated rings. The first-order valence-electron chi connectivity index (χ1n) is 8.74. The highest BCUT2D eigenvalue weighted by Gasteiger charge is 2.55. The molecule has 148 valence electrons. The maximum atomic E-state index is 12.4. The average Bonchev–Trinajstić information content (AvgIpc) is 2.58. The topological polar surface area (TPSA) is 80.3 Å². The third kappa shape index (κ3) is 5.08. The van der Waals surface area contributed by atoms with Gasteiger partial charge in [0.1, 0.15) is 5.60 Å². The molecule has 0 spiro atoms. The number of ether oxygens (including phenoxy) is 3. The highest BCUT2D eigenvalue weighted by atomic mass is 17.3. The van der Waals surface area contributed by atoms with Gasteiger partial charge in [0, 0.05) is 12.5 Å². The quantitative estimate of drug-likeness (QED) is 0.399. The van der Waals surface area contributed by atoms with E-state index in [1.54, 1.807) is 0 Å². The fourth-order valence-electron chi connectivity index (χ4n) is 2.77. The van der Waals surface area contributed by atoms with Crippen molar-refractivity contribution in [3.63, 3.8) is 0 Å². The Labute approximate surface area is 159 Å². The minimum absolute atomic E-state index is 0.184. The molecule has 0 N–H and O–H groups in total. The molecule has 7 heteroatoms. The van der Waals surface area contributed by atoms with Gasteiger partial charge in [0.05, 0.1) is 0 Å². The molecule has 1 aromatic carbocycles. The average molecular weight is 378 g/mol. The van der Waals surface area contributed by atoms with Crippen LogP contribution in [0.25, 0.3) is 0 Å². The molecule has 1 aliphatic rings. The van der Waals surface area contributed by atoms with Crippen LogP contribution in [0.1, 0.15) is 46.6 Å². The first-order valence-corrected chi connectivity index (χ1v) is 8.74. The molecule has 1 saturated heterocycles. The lowest BCUT2D eigenvalue weighted by Crippen LogP contribution is -2.59. The molecular weight excluding hydrogens is 352 g/mol. The lowest BCUT2D eigenvalue weighted by atomic mass is 9.87. The van der Waals surface area contributed by atoms with E-state index in [0.717, 1.165) is 5.56 Å². The van der Waals surface area contributed by atoms with Gasteiger partial charge in [-0.3, -0.25) is 0 Å². The molecule has 2 rings (SSSR count). The van der Waals surface area contributed by atoms with E-state index < -0.39 is 29.8 Å². The SMILES string of the molecule is C=C(C)C(=O)OC1OOC1(C)OC(=O)OC(C)(CC(C)C)c1ccccc1. The van der Waals surface area contributed by atoms with E-state index in [-0.39, 0.29) is 11.5 Å². The standard InChI is InChI=1S/C20H26O7/c1-13(2)12-19(5,15-10-8-7-9-11-15)24-18(22)25-20(6)17(26-27-20)23-16(21)14(3)4/h7-11,13,17H,3,12H2,1-2,4-6H3. The van der Waals surface area contributed by atoms with Crippen LogP contribution in [0.3, 0.4) is 0 Å². The number of esters is 1. The summed E-state index contributed by atoms with van der Waals surface area (Å²) in [5.74, 6) is -2.01. The maximum absolute atomic E-state index is 12.4. The van der Waals surface area contributed by atoms with Crippen molar-refractivity contribution < 1.29 is 33.6 Å². The van der Waals surface area contributed by atoms with Crippen molar-refractivity contribution in [1.82, 2.24) is 0 Å². The van der Waals surface area contributed by atoms with Crippen LogP contribution < -0.4 is 0 Å². The molecule has 7 nitrogen and oxygen atoms in total. The molecular formula is C20H26O7. The first kappa shape index (κ1) is 20.9. The van der Waals surface area contributed by atoms with Gasteiger partial charge in [-0.05, 0) is 31.7 Å². The van der Waals surface area contributed by atoms with E-state index in [2.05, 4.69) is 6.58 Å². The number of benzene rings is 1. The molecule has 0 amide bonds. The van der Waals surface area contributed by atoms with E-state index in [1.165, 1.54) is 13.8 Å². The minimum Gasteiger partial charge on any atom is -0.423 e. The third-order valence-corrected chi connectivity index (χ3v) is 4.07. The predicted molar refractivity (Wildman–Crippen MR) is 96.1 cm³/mol. The van der Waals surface area contributed by atoms with Crippen molar-refractivity contribution in [3.8, 4) is 0 Å². The summed E-state index contributed by atoms with van der Waals surface area (Å²) in [5, 5.41) is 0.